The number of aromatic nitrogens is 1. The number of thiazole rings is 1. The Bertz CT molecular complexity index is 1030. The number of carbonyl (C=O) groups is 2. The van der Waals surface area contributed by atoms with Crippen molar-refractivity contribution in [3.8, 4) is 0 Å². The van der Waals surface area contributed by atoms with Crippen molar-refractivity contribution in [3.63, 3.8) is 0 Å². The van der Waals surface area contributed by atoms with Gasteiger partial charge in [0, 0.05) is 22.0 Å². The lowest BCUT2D eigenvalue weighted by molar-refractivity contribution is -0.120. The Morgan fingerprint density at radius 2 is 1.93 bits per heavy atom. The van der Waals surface area contributed by atoms with Gasteiger partial charge in [-0.2, -0.15) is 0 Å². The molecule has 2 amide bonds. The Morgan fingerprint density at radius 3 is 2.68 bits per heavy atom. The lowest BCUT2D eigenvalue weighted by Gasteiger charge is -2.06. The topological polar surface area (TPSA) is 71.1 Å². The maximum absolute atomic E-state index is 13.6. The van der Waals surface area contributed by atoms with E-state index in [9.17, 15) is 14.0 Å². The molecule has 0 bridgehead atoms. The SMILES string of the molecule is O=C(Cc1csc(NC(=O)c2ccccc2F)n1)NCc1ccc(Cl)cc1Cl. The number of nitrogens with zero attached hydrogens (tertiary/aromatic N) is 1. The third-order valence-corrected chi connectivity index (χ3v) is 5.12. The highest BCUT2D eigenvalue weighted by Gasteiger charge is 2.14. The summed E-state index contributed by atoms with van der Waals surface area (Å²) in [4.78, 5) is 28.4. The Kier molecular flexibility index (Phi) is 6.61. The van der Waals surface area contributed by atoms with Gasteiger partial charge in [0.2, 0.25) is 5.91 Å². The lowest BCUT2D eigenvalue weighted by Crippen LogP contribution is -2.24. The molecule has 0 unspecified atom stereocenters. The molecule has 2 N–H and O–H groups in total. The minimum atomic E-state index is -0.614. The van der Waals surface area contributed by atoms with Crippen molar-refractivity contribution in [3.05, 3.63) is 80.5 Å². The summed E-state index contributed by atoms with van der Waals surface area (Å²) in [6.45, 7) is 0.260. The smallest absolute Gasteiger partial charge is 0.260 e. The lowest BCUT2D eigenvalue weighted by atomic mass is 10.2. The van der Waals surface area contributed by atoms with Gasteiger partial charge in [-0.25, -0.2) is 9.37 Å². The Hall–Kier alpha value is -2.48. The van der Waals surface area contributed by atoms with E-state index in [1.807, 2.05) is 0 Å². The van der Waals surface area contributed by atoms with Gasteiger partial charge in [-0.3, -0.25) is 14.9 Å². The number of nitrogens with one attached hydrogen (secondary N) is 2. The van der Waals surface area contributed by atoms with Gasteiger partial charge in [0.05, 0.1) is 17.7 Å². The molecule has 2 aromatic carbocycles. The molecule has 5 nitrogen and oxygen atoms in total. The fourth-order valence-corrected chi connectivity index (χ4v) is 3.52. The van der Waals surface area contributed by atoms with Crippen LogP contribution in [-0.4, -0.2) is 16.8 Å². The summed E-state index contributed by atoms with van der Waals surface area (Å²) in [6, 6.07) is 10.7. The van der Waals surface area contributed by atoms with Crippen molar-refractivity contribution < 1.29 is 14.0 Å². The first-order valence-corrected chi connectivity index (χ1v) is 9.77. The van der Waals surface area contributed by atoms with Gasteiger partial charge in [-0.05, 0) is 29.8 Å². The van der Waals surface area contributed by atoms with Gasteiger partial charge in [0.15, 0.2) is 5.13 Å². The molecule has 0 fully saturated rings. The number of benzene rings is 2. The molecule has 9 heteroatoms. The molecule has 0 atom stereocenters. The summed E-state index contributed by atoms with van der Waals surface area (Å²) in [7, 11) is 0. The molecule has 3 aromatic rings. The Morgan fingerprint density at radius 1 is 1.14 bits per heavy atom. The summed E-state index contributed by atoms with van der Waals surface area (Å²) in [6.07, 6.45) is 0.0390. The zero-order valence-corrected chi connectivity index (χ0v) is 16.7. The van der Waals surface area contributed by atoms with E-state index in [4.69, 9.17) is 23.2 Å². The normalized spacial score (nSPS) is 10.5. The van der Waals surface area contributed by atoms with E-state index in [0.717, 1.165) is 16.9 Å². The van der Waals surface area contributed by atoms with Gasteiger partial charge in [-0.15, -0.1) is 11.3 Å². The first-order chi connectivity index (χ1) is 13.4. The van der Waals surface area contributed by atoms with Crippen molar-refractivity contribution in [2.24, 2.45) is 0 Å². The molecule has 0 saturated carbocycles. The van der Waals surface area contributed by atoms with Crippen molar-refractivity contribution in [2.45, 2.75) is 13.0 Å². The largest absolute Gasteiger partial charge is 0.352 e. The minimum absolute atomic E-state index is 0.0390. The monoisotopic (exact) mass is 437 g/mol. The van der Waals surface area contributed by atoms with Crippen LogP contribution in [-0.2, 0) is 17.8 Å². The van der Waals surface area contributed by atoms with Crippen LogP contribution < -0.4 is 10.6 Å². The molecule has 0 aliphatic carbocycles. The van der Waals surface area contributed by atoms with E-state index in [-0.39, 0.29) is 29.6 Å². The van der Waals surface area contributed by atoms with E-state index >= 15 is 0 Å². The average Bonchev–Trinajstić information content (AvgIpc) is 3.08. The molecular formula is C19H14Cl2FN3O2S. The third-order valence-electron chi connectivity index (χ3n) is 3.72. The Balaban J connectivity index is 1.54. The van der Waals surface area contributed by atoms with Crippen LogP contribution in [0.2, 0.25) is 10.0 Å². The van der Waals surface area contributed by atoms with Crippen LogP contribution in [0.3, 0.4) is 0 Å². The zero-order valence-electron chi connectivity index (χ0n) is 14.3. The summed E-state index contributed by atoms with van der Waals surface area (Å²) in [5, 5.41) is 8.22. The second-order valence-electron chi connectivity index (χ2n) is 5.77. The van der Waals surface area contributed by atoms with Crippen LogP contribution in [0.25, 0.3) is 0 Å². The van der Waals surface area contributed by atoms with E-state index < -0.39 is 11.7 Å². The van der Waals surface area contributed by atoms with Gasteiger partial charge < -0.3 is 5.32 Å². The van der Waals surface area contributed by atoms with Crippen LogP contribution in [0.1, 0.15) is 21.6 Å². The summed E-state index contributed by atoms with van der Waals surface area (Å²) < 4.78 is 13.6. The number of rotatable bonds is 6. The quantitative estimate of drug-likeness (QED) is 0.586. The average molecular weight is 438 g/mol. The number of hydrogen-bond donors (Lipinski definition) is 2. The molecule has 0 spiro atoms. The highest BCUT2D eigenvalue weighted by molar-refractivity contribution is 7.14. The third kappa shape index (κ3) is 5.28. The molecule has 3 rings (SSSR count). The number of hydrogen-bond acceptors (Lipinski definition) is 4. The molecular weight excluding hydrogens is 424 g/mol. The van der Waals surface area contributed by atoms with Gasteiger partial charge in [-0.1, -0.05) is 41.4 Å². The van der Waals surface area contributed by atoms with Crippen molar-refractivity contribution >= 4 is 51.5 Å². The highest BCUT2D eigenvalue weighted by atomic mass is 35.5. The van der Waals surface area contributed by atoms with Crippen molar-refractivity contribution in [1.82, 2.24) is 10.3 Å². The second-order valence-corrected chi connectivity index (χ2v) is 7.47. The number of amides is 2. The molecule has 144 valence electrons. The summed E-state index contributed by atoms with van der Waals surface area (Å²) >= 11 is 13.1. The van der Waals surface area contributed by atoms with Crippen molar-refractivity contribution in [2.75, 3.05) is 5.32 Å². The minimum Gasteiger partial charge on any atom is -0.352 e. The predicted molar refractivity (Wildman–Crippen MR) is 108 cm³/mol. The van der Waals surface area contributed by atoms with Gasteiger partial charge in [0.1, 0.15) is 5.82 Å². The second kappa shape index (κ2) is 9.14. The maximum atomic E-state index is 13.6. The summed E-state index contributed by atoms with van der Waals surface area (Å²) in [5.74, 6) is -1.46. The van der Waals surface area contributed by atoms with Crippen molar-refractivity contribution in [1.29, 1.82) is 0 Å². The zero-order chi connectivity index (χ0) is 20.1. The molecule has 1 aromatic heterocycles. The predicted octanol–water partition coefficient (Wildman–Crippen LogP) is 4.70. The maximum Gasteiger partial charge on any atom is 0.260 e. The standard InChI is InChI=1S/C19H14Cl2FN3O2S/c20-12-6-5-11(15(21)7-12)9-23-17(26)8-13-10-28-19(24-13)25-18(27)14-3-1-2-4-16(14)22/h1-7,10H,8-9H2,(H,23,26)(H,24,25,27). The highest BCUT2D eigenvalue weighted by Crippen LogP contribution is 2.21. The van der Waals surface area contributed by atoms with Crippen LogP contribution in [0.15, 0.2) is 47.8 Å². The molecule has 1 heterocycles. The number of carbonyl (C=O) groups excluding carboxylic acids is 2. The molecule has 0 aliphatic rings. The molecule has 28 heavy (non-hydrogen) atoms. The fourth-order valence-electron chi connectivity index (χ4n) is 2.34. The van der Waals surface area contributed by atoms with E-state index in [0.29, 0.717) is 15.7 Å². The number of halogens is 3. The number of anilines is 1. The van der Waals surface area contributed by atoms with Gasteiger partial charge in [0.25, 0.3) is 5.91 Å². The van der Waals surface area contributed by atoms with Crippen LogP contribution in [0.4, 0.5) is 9.52 Å². The van der Waals surface area contributed by atoms with Crippen LogP contribution in [0.5, 0.6) is 0 Å². The molecule has 0 radical (unpaired) electrons. The molecule has 0 saturated heterocycles. The first kappa shape index (κ1) is 20.3. The molecule has 0 aliphatic heterocycles. The van der Waals surface area contributed by atoms with Gasteiger partial charge >= 0.3 is 0 Å². The van der Waals surface area contributed by atoms with Crippen LogP contribution in [0, 0.1) is 5.82 Å². The summed E-state index contributed by atoms with van der Waals surface area (Å²) in [5.41, 5.74) is 1.17. The first-order valence-electron chi connectivity index (χ1n) is 8.13. The fraction of sp³-hybridized carbons (Fsp3) is 0.105. The van der Waals surface area contributed by atoms with E-state index in [2.05, 4.69) is 15.6 Å². The van der Waals surface area contributed by atoms with E-state index in [1.165, 1.54) is 18.2 Å². The van der Waals surface area contributed by atoms with E-state index in [1.54, 1.807) is 29.6 Å². The van der Waals surface area contributed by atoms with Crippen LogP contribution >= 0.6 is 34.5 Å². The Labute approximate surface area is 174 Å².